The van der Waals surface area contributed by atoms with Crippen molar-refractivity contribution in [3.63, 3.8) is 0 Å². The predicted octanol–water partition coefficient (Wildman–Crippen LogP) is 2.99. The molecule has 0 unspecified atom stereocenters. The molecule has 2 aromatic carbocycles. The number of benzene rings is 2. The van der Waals surface area contributed by atoms with Gasteiger partial charge in [-0.2, -0.15) is 0 Å². The first kappa shape index (κ1) is 17.1. The molecule has 2 aliphatic heterocycles. The number of carbonyl (C=O) groups is 1. The Hall–Kier alpha value is -2.33. The van der Waals surface area contributed by atoms with Crippen LogP contribution in [0.5, 0.6) is 0 Å². The smallest absolute Gasteiger partial charge is 0.236 e. The molecule has 4 heteroatoms. The van der Waals surface area contributed by atoms with Crippen LogP contribution in [0, 0.1) is 5.92 Å². The van der Waals surface area contributed by atoms with Gasteiger partial charge in [0.2, 0.25) is 5.91 Å². The summed E-state index contributed by atoms with van der Waals surface area (Å²) in [5.41, 5.74) is 4.01. The molecule has 4 rings (SSSR count). The van der Waals surface area contributed by atoms with Gasteiger partial charge >= 0.3 is 0 Å². The van der Waals surface area contributed by atoms with Crippen molar-refractivity contribution in [3.8, 4) is 0 Å². The lowest BCUT2D eigenvalue weighted by atomic mass is 10.1. The molecule has 0 aromatic heterocycles. The van der Waals surface area contributed by atoms with E-state index in [0.717, 1.165) is 39.1 Å². The van der Waals surface area contributed by atoms with Crippen molar-refractivity contribution in [1.82, 2.24) is 9.80 Å². The second-order valence-corrected chi connectivity index (χ2v) is 7.62. The number of para-hydroxylation sites is 1. The quantitative estimate of drug-likeness (QED) is 0.830. The average Bonchev–Trinajstić information content (AvgIpc) is 3.28. The minimum atomic E-state index is 0.232. The van der Waals surface area contributed by atoms with Crippen LogP contribution >= 0.6 is 0 Å². The van der Waals surface area contributed by atoms with E-state index in [1.807, 2.05) is 11.9 Å². The average molecular weight is 349 g/mol. The molecule has 1 atom stereocenters. The van der Waals surface area contributed by atoms with Crippen LogP contribution < -0.4 is 4.90 Å². The highest BCUT2D eigenvalue weighted by Crippen LogP contribution is 2.25. The highest BCUT2D eigenvalue weighted by Gasteiger charge is 2.26. The van der Waals surface area contributed by atoms with Crippen LogP contribution in [-0.2, 0) is 17.9 Å². The van der Waals surface area contributed by atoms with Crippen LogP contribution in [0.3, 0.4) is 0 Å². The molecule has 2 aromatic rings. The van der Waals surface area contributed by atoms with E-state index in [2.05, 4.69) is 64.4 Å². The largest absolute Gasteiger partial charge is 0.371 e. The van der Waals surface area contributed by atoms with Crippen molar-refractivity contribution < 1.29 is 4.79 Å². The van der Waals surface area contributed by atoms with Gasteiger partial charge in [-0.1, -0.05) is 42.5 Å². The Morgan fingerprint density at radius 2 is 1.69 bits per heavy atom. The topological polar surface area (TPSA) is 26.8 Å². The van der Waals surface area contributed by atoms with Gasteiger partial charge in [-0.05, 0) is 35.6 Å². The van der Waals surface area contributed by atoms with E-state index in [-0.39, 0.29) is 5.91 Å². The van der Waals surface area contributed by atoms with Crippen LogP contribution in [0.25, 0.3) is 0 Å². The second kappa shape index (κ2) is 7.50. The first-order chi connectivity index (χ1) is 12.7. The van der Waals surface area contributed by atoms with Crippen molar-refractivity contribution >= 4 is 11.6 Å². The molecule has 26 heavy (non-hydrogen) atoms. The Balaban J connectivity index is 1.26. The van der Waals surface area contributed by atoms with Crippen molar-refractivity contribution in [2.45, 2.75) is 19.5 Å². The number of likely N-dealkylation sites (N-methyl/N-ethyl adjacent to an activating group) is 1. The number of rotatable bonds is 5. The van der Waals surface area contributed by atoms with Gasteiger partial charge in [0.05, 0.1) is 6.54 Å². The minimum Gasteiger partial charge on any atom is -0.371 e. The van der Waals surface area contributed by atoms with Gasteiger partial charge in [-0.3, -0.25) is 9.69 Å². The second-order valence-electron chi connectivity index (χ2n) is 7.62. The molecule has 0 aliphatic carbocycles. The molecule has 1 saturated heterocycles. The summed E-state index contributed by atoms with van der Waals surface area (Å²) in [6.45, 7) is 5.26. The number of anilines is 1. The molecule has 1 amide bonds. The number of nitrogens with zero attached hydrogens (tertiary/aromatic N) is 3. The normalized spacial score (nSPS) is 19.6. The van der Waals surface area contributed by atoms with Crippen LogP contribution in [-0.4, -0.2) is 48.9 Å². The molecular weight excluding hydrogens is 322 g/mol. The van der Waals surface area contributed by atoms with Gasteiger partial charge in [0.15, 0.2) is 0 Å². The van der Waals surface area contributed by atoms with Gasteiger partial charge < -0.3 is 9.80 Å². The molecule has 0 saturated carbocycles. The lowest BCUT2D eigenvalue weighted by molar-refractivity contribution is -0.131. The van der Waals surface area contributed by atoms with E-state index in [1.165, 1.54) is 16.8 Å². The van der Waals surface area contributed by atoms with Gasteiger partial charge in [0, 0.05) is 45.5 Å². The maximum atomic E-state index is 12.7. The fraction of sp³-hybridized carbons (Fsp3) is 0.409. The lowest BCUT2D eigenvalue weighted by Gasteiger charge is -2.24. The Morgan fingerprint density at radius 1 is 1.04 bits per heavy atom. The fourth-order valence-corrected chi connectivity index (χ4v) is 4.17. The van der Waals surface area contributed by atoms with Crippen LogP contribution in [0.1, 0.15) is 17.5 Å². The number of carbonyl (C=O) groups excluding carboxylic acids is 1. The summed E-state index contributed by atoms with van der Waals surface area (Å²) < 4.78 is 0. The first-order valence-electron chi connectivity index (χ1n) is 9.52. The van der Waals surface area contributed by atoms with E-state index >= 15 is 0 Å². The van der Waals surface area contributed by atoms with E-state index in [4.69, 9.17) is 0 Å². The summed E-state index contributed by atoms with van der Waals surface area (Å²) in [7, 11) is 1.96. The zero-order valence-electron chi connectivity index (χ0n) is 15.5. The van der Waals surface area contributed by atoms with Crippen molar-refractivity contribution in [2.75, 3.05) is 38.1 Å². The molecular formula is C22H27N3O. The van der Waals surface area contributed by atoms with E-state index in [0.29, 0.717) is 12.5 Å². The number of hydrogen-bond donors (Lipinski definition) is 0. The molecule has 4 nitrogen and oxygen atoms in total. The van der Waals surface area contributed by atoms with Gasteiger partial charge in [0.25, 0.3) is 0 Å². The van der Waals surface area contributed by atoms with Gasteiger partial charge in [-0.25, -0.2) is 0 Å². The fourth-order valence-electron chi connectivity index (χ4n) is 4.17. The molecule has 2 aliphatic rings. The molecule has 1 fully saturated rings. The SMILES string of the molecule is CN(C[C@@H]1CCN(c2ccccc2)C1)C(=O)CN1Cc2ccccc2C1. The third-order valence-corrected chi connectivity index (χ3v) is 5.63. The molecule has 0 spiro atoms. The van der Waals surface area contributed by atoms with E-state index in [1.54, 1.807) is 0 Å². The zero-order chi connectivity index (χ0) is 17.9. The summed E-state index contributed by atoms with van der Waals surface area (Å²) in [6, 6.07) is 19.1. The van der Waals surface area contributed by atoms with Gasteiger partial charge in [0.1, 0.15) is 0 Å². The maximum Gasteiger partial charge on any atom is 0.236 e. The highest BCUT2D eigenvalue weighted by molar-refractivity contribution is 5.78. The van der Waals surface area contributed by atoms with E-state index in [9.17, 15) is 4.79 Å². The third kappa shape index (κ3) is 3.75. The van der Waals surface area contributed by atoms with Gasteiger partial charge in [-0.15, -0.1) is 0 Å². The number of fused-ring (bicyclic) bond motifs is 1. The Kier molecular flexibility index (Phi) is 4.93. The molecule has 136 valence electrons. The first-order valence-corrected chi connectivity index (χ1v) is 9.52. The monoisotopic (exact) mass is 349 g/mol. The van der Waals surface area contributed by atoms with Crippen LogP contribution in [0.15, 0.2) is 54.6 Å². The van der Waals surface area contributed by atoms with Crippen LogP contribution in [0.2, 0.25) is 0 Å². The highest BCUT2D eigenvalue weighted by atomic mass is 16.2. The van der Waals surface area contributed by atoms with Crippen LogP contribution in [0.4, 0.5) is 5.69 Å². The molecule has 0 N–H and O–H groups in total. The predicted molar refractivity (Wildman–Crippen MR) is 105 cm³/mol. The third-order valence-electron chi connectivity index (χ3n) is 5.63. The van der Waals surface area contributed by atoms with Crippen molar-refractivity contribution in [3.05, 3.63) is 65.7 Å². The minimum absolute atomic E-state index is 0.232. The lowest BCUT2D eigenvalue weighted by Crippen LogP contribution is -2.39. The molecule has 2 heterocycles. The number of amides is 1. The molecule has 0 radical (unpaired) electrons. The summed E-state index contributed by atoms with van der Waals surface area (Å²) in [4.78, 5) is 19.3. The Bertz CT molecular complexity index is 736. The summed E-state index contributed by atoms with van der Waals surface area (Å²) in [5.74, 6) is 0.788. The molecule has 0 bridgehead atoms. The van der Waals surface area contributed by atoms with Crippen molar-refractivity contribution in [1.29, 1.82) is 0 Å². The summed E-state index contributed by atoms with van der Waals surface area (Å²) in [6.07, 6.45) is 1.15. The van der Waals surface area contributed by atoms with Crippen molar-refractivity contribution in [2.24, 2.45) is 5.92 Å². The van der Waals surface area contributed by atoms with E-state index < -0.39 is 0 Å². The maximum absolute atomic E-state index is 12.7. The summed E-state index contributed by atoms with van der Waals surface area (Å²) >= 11 is 0. The standard InChI is InChI=1S/C22H27N3O/c1-23(13-18-11-12-25(14-18)21-9-3-2-4-10-21)22(26)17-24-15-19-7-5-6-8-20(19)16-24/h2-10,18H,11-17H2,1H3/t18-/m0/s1. The zero-order valence-corrected chi connectivity index (χ0v) is 15.5. The Labute approximate surface area is 156 Å². The summed E-state index contributed by atoms with van der Waals surface area (Å²) in [5, 5.41) is 0. The number of hydrogen-bond acceptors (Lipinski definition) is 3. The Morgan fingerprint density at radius 3 is 2.38 bits per heavy atom.